The van der Waals surface area contributed by atoms with Gasteiger partial charge in [-0.25, -0.2) is 8.78 Å². The first-order chi connectivity index (χ1) is 9.38. The first-order valence-corrected chi connectivity index (χ1v) is 6.38. The quantitative estimate of drug-likeness (QED) is 0.828. The Hall–Kier alpha value is -1.98. The molecule has 0 radical (unpaired) electrons. The van der Waals surface area contributed by atoms with Crippen molar-refractivity contribution in [2.45, 2.75) is 13.8 Å². The molecule has 1 aromatic carbocycles. The maximum Gasteiger partial charge on any atom is 0.254 e. The van der Waals surface area contributed by atoms with Crippen LogP contribution in [0.4, 0.5) is 8.78 Å². The van der Waals surface area contributed by atoms with Crippen molar-refractivity contribution >= 4 is 11.8 Å². The predicted molar refractivity (Wildman–Crippen MR) is 71.2 cm³/mol. The van der Waals surface area contributed by atoms with E-state index in [1.54, 1.807) is 4.90 Å². The Morgan fingerprint density at radius 3 is 2.00 bits per heavy atom. The van der Waals surface area contributed by atoms with Gasteiger partial charge in [-0.1, -0.05) is 0 Å². The van der Waals surface area contributed by atoms with E-state index in [9.17, 15) is 18.4 Å². The lowest BCUT2D eigenvalue weighted by molar-refractivity contribution is -0.131. The lowest BCUT2D eigenvalue weighted by Gasteiger charge is -2.23. The molecular weight excluding hydrogens is 266 g/mol. The third-order valence-corrected chi connectivity index (χ3v) is 2.94. The second-order valence-corrected chi connectivity index (χ2v) is 4.39. The van der Waals surface area contributed by atoms with Gasteiger partial charge in [-0.3, -0.25) is 9.59 Å². The Labute approximate surface area is 117 Å². The minimum Gasteiger partial charge on any atom is -0.342 e. The Morgan fingerprint density at radius 2 is 1.55 bits per heavy atom. The zero-order valence-corrected chi connectivity index (χ0v) is 11.8. The number of benzene rings is 1. The van der Waals surface area contributed by atoms with Crippen LogP contribution >= 0.6 is 0 Å². The van der Waals surface area contributed by atoms with Crippen molar-refractivity contribution in [2.75, 3.05) is 26.7 Å². The molecule has 0 spiro atoms. The van der Waals surface area contributed by atoms with Crippen molar-refractivity contribution in [3.05, 3.63) is 35.4 Å². The maximum absolute atomic E-state index is 13.1. The van der Waals surface area contributed by atoms with Crippen molar-refractivity contribution < 1.29 is 18.4 Å². The molecule has 0 aromatic heterocycles. The molecule has 0 aliphatic heterocycles. The molecule has 1 rings (SSSR count). The van der Waals surface area contributed by atoms with E-state index in [1.807, 2.05) is 13.8 Å². The molecule has 0 N–H and O–H groups in total. The molecule has 20 heavy (non-hydrogen) atoms. The average molecular weight is 284 g/mol. The number of carbonyl (C=O) groups excluding carboxylic acids is 2. The van der Waals surface area contributed by atoms with Crippen molar-refractivity contribution in [3.8, 4) is 0 Å². The monoisotopic (exact) mass is 284 g/mol. The van der Waals surface area contributed by atoms with Crippen molar-refractivity contribution in [3.63, 3.8) is 0 Å². The summed E-state index contributed by atoms with van der Waals surface area (Å²) in [5.41, 5.74) is -0.114. The lowest BCUT2D eigenvalue weighted by atomic mass is 10.2. The summed E-state index contributed by atoms with van der Waals surface area (Å²) < 4.78 is 26.1. The molecule has 1 aromatic rings. The minimum absolute atomic E-state index is 0.114. The number of halogens is 2. The average Bonchev–Trinajstić information content (AvgIpc) is 2.37. The van der Waals surface area contributed by atoms with Gasteiger partial charge in [0, 0.05) is 31.8 Å². The molecule has 0 saturated carbocycles. The topological polar surface area (TPSA) is 40.6 Å². The number of nitrogens with zero attached hydrogens (tertiary/aromatic N) is 2. The van der Waals surface area contributed by atoms with Gasteiger partial charge in [0.1, 0.15) is 11.6 Å². The van der Waals surface area contributed by atoms with E-state index in [0.717, 1.165) is 17.0 Å². The van der Waals surface area contributed by atoms with E-state index >= 15 is 0 Å². The standard InChI is InChI=1S/C14H18F2N2O2/c1-4-18(5-2)13(19)9-17(3)14(20)10-6-11(15)8-12(16)7-10/h6-8H,4-5,9H2,1-3H3. The maximum atomic E-state index is 13.1. The Balaban J connectivity index is 2.79. The molecule has 2 amide bonds. The van der Waals surface area contributed by atoms with Crippen LogP contribution in [0.15, 0.2) is 18.2 Å². The van der Waals surface area contributed by atoms with Gasteiger partial charge < -0.3 is 9.80 Å². The third kappa shape index (κ3) is 4.01. The molecule has 6 heteroatoms. The van der Waals surface area contributed by atoms with Crippen LogP contribution < -0.4 is 0 Å². The van der Waals surface area contributed by atoms with Crippen molar-refractivity contribution in [1.29, 1.82) is 0 Å². The molecular formula is C14H18F2N2O2. The van der Waals surface area contributed by atoms with Crippen LogP contribution in [0.1, 0.15) is 24.2 Å². The van der Waals surface area contributed by atoms with Crippen LogP contribution in [-0.4, -0.2) is 48.3 Å². The van der Waals surface area contributed by atoms with E-state index in [-0.39, 0.29) is 18.0 Å². The second-order valence-electron chi connectivity index (χ2n) is 4.39. The number of hydrogen-bond donors (Lipinski definition) is 0. The summed E-state index contributed by atoms with van der Waals surface area (Å²) in [6, 6.07) is 2.59. The molecule has 0 aliphatic rings. The van der Waals surface area contributed by atoms with Gasteiger partial charge in [-0.15, -0.1) is 0 Å². The zero-order chi connectivity index (χ0) is 15.3. The van der Waals surface area contributed by atoms with Crippen LogP contribution in [0.2, 0.25) is 0 Å². The summed E-state index contributed by atoms with van der Waals surface area (Å²) in [5, 5.41) is 0. The van der Waals surface area contributed by atoms with E-state index in [2.05, 4.69) is 0 Å². The molecule has 0 fully saturated rings. The third-order valence-electron chi connectivity index (χ3n) is 2.94. The number of likely N-dealkylation sites (N-methyl/N-ethyl adjacent to an activating group) is 2. The highest BCUT2D eigenvalue weighted by atomic mass is 19.1. The first kappa shape index (κ1) is 16.1. The summed E-state index contributed by atoms with van der Waals surface area (Å²) in [4.78, 5) is 26.6. The summed E-state index contributed by atoms with van der Waals surface area (Å²) in [7, 11) is 1.42. The molecule has 0 unspecified atom stereocenters. The summed E-state index contributed by atoms with van der Waals surface area (Å²) >= 11 is 0. The van der Waals surface area contributed by atoms with Gasteiger partial charge in [0.25, 0.3) is 5.91 Å². The minimum atomic E-state index is -0.822. The van der Waals surface area contributed by atoms with Gasteiger partial charge in [-0.05, 0) is 26.0 Å². The van der Waals surface area contributed by atoms with Gasteiger partial charge in [0.2, 0.25) is 5.91 Å². The second kappa shape index (κ2) is 6.98. The summed E-state index contributed by atoms with van der Waals surface area (Å²) in [6.45, 7) is 4.65. The van der Waals surface area contributed by atoms with Crippen molar-refractivity contribution in [2.24, 2.45) is 0 Å². The first-order valence-electron chi connectivity index (χ1n) is 6.38. The van der Waals surface area contributed by atoms with Crippen LogP contribution in [-0.2, 0) is 4.79 Å². The smallest absolute Gasteiger partial charge is 0.254 e. The molecule has 4 nitrogen and oxygen atoms in total. The van der Waals surface area contributed by atoms with Crippen LogP contribution in [0.25, 0.3) is 0 Å². The fourth-order valence-corrected chi connectivity index (χ4v) is 1.85. The van der Waals surface area contributed by atoms with Crippen LogP contribution in [0, 0.1) is 11.6 Å². The van der Waals surface area contributed by atoms with Gasteiger partial charge in [0.05, 0.1) is 6.54 Å². The van der Waals surface area contributed by atoms with Crippen molar-refractivity contribution in [1.82, 2.24) is 9.80 Å². The zero-order valence-electron chi connectivity index (χ0n) is 11.8. The normalized spacial score (nSPS) is 10.2. The van der Waals surface area contributed by atoms with E-state index in [1.165, 1.54) is 7.05 Å². The van der Waals surface area contributed by atoms with Gasteiger partial charge in [-0.2, -0.15) is 0 Å². The van der Waals surface area contributed by atoms with Crippen LogP contribution in [0.3, 0.4) is 0 Å². The Morgan fingerprint density at radius 1 is 1.05 bits per heavy atom. The SMILES string of the molecule is CCN(CC)C(=O)CN(C)C(=O)c1cc(F)cc(F)c1. The number of hydrogen-bond acceptors (Lipinski definition) is 2. The highest BCUT2D eigenvalue weighted by Gasteiger charge is 2.18. The largest absolute Gasteiger partial charge is 0.342 e. The number of carbonyl (C=O) groups is 2. The molecule has 0 bridgehead atoms. The molecule has 0 atom stereocenters. The van der Waals surface area contributed by atoms with Gasteiger partial charge in [0.15, 0.2) is 0 Å². The van der Waals surface area contributed by atoms with E-state index < -0.39 is 17.5 Å². The molecule has 110 valence electrons. The summed E-state index contributed by atoms with van der Waals surface area (Å²) in [5.74, 6) is -2.44. The predicted octanol–water partition coefficient (Wildman–Crippen LogP) is 1.91. The Kier molecular flexibility index (Phi) is 5.61. The van der Waals surface area contributed by atoms with E-state index in [0.29, 0.717) is 19.2 Å². The number of rotatable bonds is 5. The van der Waals surface area contributed by atoms with E-state index in [4.69, 9.17) is 0 Å². The molecule has 0 aliphatic carbocycles. The van der Waals surface area contributed by atoms with Crippen LogP contribution in [0.5, 0.6) is 0 Å². The van der Waals surface area contributed by atoms with Gasteiger partial charge >= 0.3 is 0 Å². The summed E-state index contributed by atoms with van der Waals surface area (Å²) in [6.07, 6.45) is 0. The highest BCUT2D eigenvalue weighted by molar-refractivity contribution is 5.96. The Bertz CT molecular complexity index is 482. The fourth-order valence-electron chi connectivity index (χ4n) is 1.85. The highest BCUT2D eigenvalue weighted by Crippen LogP contribution is 2.10. The fraction of sp³-hybridized carbons (Fsp3) is 0.429. The molecule has 0 heterocycles. The lowest BCUT2D eigenvalue weighted by Crippen LogP contribution is -2.41. The number of amides is 2. The molecule has 0 saturated heterocycles.